The van der Waals surface area contributed by atoms with Crippen LogP contribution in [0.15, 0.2) is 16.2 Å². The topological polar surface area (TPSA) is 58.0 Å². The molecule has 1 atom stereocenters. The van der Waals surface area contributed by atoms with Gasteiger partial charge in [-0.15, -0.1) is 11.3 Å². The number of rotatable bonds is 3. The van der Waals surface area contributed by atoms with Gasteiger partial charge in [-0.05, 0) is 41.8 Å². The fourth-order valence-corrected chi connectivity index (χ4v) is 3.42. The van der Waals surface area contributed by atoms with E-state index < -0.39 is 0 Å². The van der Waals surface area contributed by atoms with Crippen LogP contribution in [-0.2, 0) is 0 Å². The summed E-state index contributed by atoms with van der Waals surface area (Å²) in [5.41, 5.74) is 0.748. The third kappa shape index (κ3) is 1.94. The summed E-state index contributed by atoms with van der Waals surface area (Å²) in [5, 5.41) is 13.1. The minimum absolute atomic E-state index is 0.183. The molecule has 1 fully saturated rings. The van der Waals surface area contributed by atoms with Crippen LogP contribution in [0.25, 0.3) is 10.2 Å². The average Bonchev–Trinajstić information content (AvgIpc) is 2.95. The lowest BCUT2D eigenvalue weighted by molar-refractivity contribution is 0.162. The number of anilines is 1. The monoisotopic (exact) mass is 313 g/mol. The van der Waals surface area contributed by atoms with Crippen LogP contribution in [0, 0.1) is 0 Å². The van der Waals surface area contributed by atoms with Gasteiger partial charge in [0, 0.05) is 0 Å². The number of aliphatic hydroxyl groups is 1. The molecule has 1 aliphatic rings. The quantitative estimate of drug-likeness (QED) is 0.915. The van der Waals surface area contributed by atoms with Crippen molar-refractivity contribution in [3.63, 3.8) is 0 Å². The van der Waals surface area contributed by atoms with Crippen LogP contribution in [0.3, 0.4) is 0 Å². The molecule has 1 saturated carbocycles. The predicted octanol–water partition coefficient (Wildman–Crippen LogP) is 2.78. The molecule has 90 valence electrons. The first-order valence-corrected chi connectivity index (χ1v) is 7.08. The van der Waals surface area contributed by atoms with Crippen molar-refractivity contribution < 1.29 is 5.11 Å². The van der Waals surface area contributed by atoms with Gasteiger partial charge >= 0.3 is 0 Å². The van der Waals surface area contributed by atoms with Crippen LogP contribution >= 0.6 is 27.3 Å². The number of aliphatic hydroxyl groups excluding tert-OH is 1. The van der Waals surface area contributed by atoms with Gasteiger partial charge < -0.3 is 10.4 Å². The molecular formula is C11H12BrN3OS. The molecule has 2 aromatic heterocycles. The molecule has 2 N–H and O–H groups in total. The first-order valence-electron chi connectivity index (χ1n) is 5.47. The van der Waals surface area contributed by atoms with E-state index in [0.717, 1.165) is 32.7 Å². The molecular weight excluding hydrogens is 302 g/mol. The maximum atomic E-state index is 9.77. The van der Waals surface area contributed by atoms with Crippen molar-refractivity contribution in [1.29, 1.82) is 0 Å². The highest BCUT2D eigenvalue weighted by atomic mass is 79.9. The second-order valence-electron chi connectivity index (χ2n) is 4.44. The maximum Gasteiger partial charge on any atom is 0.147 e. The van der Waals surface area contributed by atoms with E-state index in [1.54, 1.807) is 17.7 Å². The lowest BCUT2D eigenvalue weighted by Crippen LogP contribution is -2.34. The Hall–Kier alpha value is -0.720. The van der Waals surface area contributed by atoms with E-state index in [1.807, 2.05) is 13.0 Å². The van der Waals surface area contributed by atoms with Gasteiger partial charge in [0.15, 0.2) is 0 Å². The highest BCUT2D eigenvalue weighted by molar-refractivity contribution is 9.11. The fourth-order valence-electron chi connectivity index (χ4n) is 1.93. The summed E-state index contributed by atoms with van der Waals surface area (Å²) < 4.78 is 2.07. The molecule has 0 radical (unpaired) electrons. The Kier molecular flexibility index (Phi) is 2.61. The van der Waals surface area contributed by atoms with Gasteiger partial charge in [-0.2, -0.15) is 0 Å². The molecule has 4 nitrogen and oxygen atoms in total. The molecule has 0 spiro atoms. The SMILES string of the molecule is CC(O)C1(Nc2ncnc3cc(Br)sc23)CC1. The number of thiophene rings is 1. The normalized spacial score (nSPS) is 19.2. The Morgan fingerprint density at radius 3 is 2.94 bits per heavy atom. The Balaban J connectivity index is 2.00. The van der Waals surface area contributed by atoms with E-state index in [0.29, 0.717) is 0 Å². The van der Waals surface area contributed by atoms with E-state index in [2.05, 4.69) is 31.2 Å². The van der Waals surface area contributed by atoms with Crippen LogP contribution in [0.1, 0.15) is 19.8 Å². The molecule has 0 bridgehead atoms. The predicted molar refractivity (Wildman–Crippen MR) is 72.4 cm³/mol. The summed E-state index contributed by atoms with van der Waals surface area (Å²) >= 11 is 5.06. The molecule has 3 rings (SSSR count). The first-order chi connectivity index (χ1) is 8.11. The number of halogens is 1. The van der Waals surface area contributed by atoms with Crippen molar-refractivity contribution in [1.82, 2.24) is 9.97 Å². The van der Waals surface area contributed by atoms with Crippen molar-refractivity contribution in [2.75, 3.05) is 5.32 Å². The Bertz CT molecular complexity index is 565. The van der Waals surface area contributed by atoms with Crippen molar-refractivity contribution in [3.8, 4) is 0 Å². The smallest absolute Gasteiger partial charge is 0.147 e. The highest BCUT2D eigenvalue weighted by Gasteiger charge is 2.47. The number of hydrogen-bond donors (Lipinski definition) is 2. The number of fused-ring (bicyclic) bond motifs is 1. The summed E-state index contributed by atoms with van der Waals surface area (Å²) in [7, 11) is 0. The Labute approximate surface area is 111 Å². The fraction of sp³-hybridized carbons (Fsp3) is 0.455. The molecule has 0 amide bonds. The molecule has 2 aromatic rings. The van der Waals surface area contributed by atoms with Gasteiger partial charge in [0.25, 0.3) is 0 Å². The zero-order valence-electron chi connectivity index (χ0n) is 9.27. The molecule has 0 aliphatic heterocycles. The zero-order chi connectivity index (χ0) is 12.0. The van der Waals surface area contributed by atoms with Gasteiger partial charge in [-0.25, -0.2) is 9.97 Å². The molecule has 0 saturated heterocycles. The van der Waals surface area contributed by atoms with Crippen LogP contribution in [0.4, 0.5) is 5.82 Å². The highest BCUT2D eigenvalue weighted by Crippen LogP contribution is 2.43. The maximum absolute atomic E-state index is 9.77. The summed E-state index contributed by atoms with van der Waals surface area (Å²) in [6.07, 6.45) is 3.17. The summed E-state index contributed by atoms with van der Waals surface area (Å²) in [5.74, 6) is 0.823. The molecule has 0 aromatic carbocycles. The van der Waals surface area contributed by atoms with Gasteiger partial charge in [-0.3, -0.25) is 0 Å². The second-order valence-corrected chi connectivity index (χ2v) is 6.88. The Morgan fingerprint density at radius 2 is 2.29 bits per heavy atom. The van der Waals surface area contributed by atoms with Crippen molar-refractivity contribution in [3.05, 3.63) is 16.2 Å². The van der Waals surface area contributed by atoms with Crippen LogP contribution in [0.5, 0.6) is 0 Å². The minimum atomic E-state index is -0.365. The zero-order valence-corrected chi connectivity index (χ0v) is 11.7. The standard InChI is InChI=1S/C11H12BrN3OS/c1-6(16)11(2-3-11)15-10-9-7(13-5-14-10)4-8(12)17-9/h4-6,16H,2-3H2,1H3,(H,13,14,15). The largest absolute Gasteiger partial charge is 0.391 e. The van der Waals surface area contributed by atoms with Crippen LogP contribution < -0.4 is 5.32 Å². The van der Waals surface area contributed by atoms with Gasteiger partial charge in [0.1, 0.15) is 12.1 Å². The molecule has 6 heteroatoms. The molecule has 1 unspecified atom stereocenters. The van der Waals surface area contributed by atoms with Gasteiger partial charge in [0.05, 0.1) is 25.6 Å². The Morgan fingerprint density at radius 1 is 1.53 bits per heavy atom. The third-order valence-corrected chi connectivity index (χ3v) is 4.87. The van der Waals surface area contributed by atoms with Crippen molar-refractivity contribution in [2.24, 2.45) is 0 Å². The van der Waals surface area contributed by atoms with E-state index >= 15 is 0 Å². The van der Waals surface area contributed by atoms with Crippen LogP contribution in [-0.4, -0.2) is 26.7 Å². The number of aromatic nitrogens is 2. The lowest BCUT2D eigenvalue weighted by atomic mass is 10.1. The summed E-state index contributed by atoms with van der Waals surface area (Å²) in [4.78, 5) is 8.51. The summed E-state index contributed by atoms with van der Waals surface area (Å²) in [6, 6.07) is 1.98. The third-order valence-electron chi connectivity index (χ3n) is 3.24. The van der Waals surface area contributed by atoms with Gasteiger partial charge in [-0.1, -0.05) is 0 Å². The van der Waals surface area contributed by atoms with E-state index in [-0.39, 0.29) is 11.6 Å². The van der Waals surface area contributed by atoms with Gasteiger partial charge in [0.2, 0.25) is 0 Å². The van der Waals surface area contributed by atoms with E-state index in [4.69, 9.17) is 0 Å². The number of nitrogens with one attached hydrogen (secondary N) is 1. The van der Waals surface area contributed by atoms with Crippen molar-refractivity contribution >= 4 is 43.3 Å². The van der Waals surface area contributed by atoms with E-state index in [9.17, 15) is 5.11 Å². The summed E-state index contributed by atoms with van der Waals surface area (Å²) in [6.45, 7) is 1.82. The van der Waals surface area contributed by atoms with Crippen LogP contribution in [0.2, 0.25) is 0 Å². The van der Waals surface area contributed by atoms with Crippen molar-refractivity contribution in [2.45, 2.75) is 31.4 Å². The lowest BCUT2D eigenvalue weighted by Gasteiger charge is -2.21. The molecule has 17 heavy (non-hydrogen) atoms. The number of hydrogen-bond acceptors (Lipinski definition) is 5. The first kappa shape index (κ1) is 11.4. The number of nitrogens with zero attached hydrogens (tertiary/aromatic N) is 2. The molecule has 1 aliphatic carbocycles. The molecule has 2 heterocycles. The minimum Gasteiger partial charge on any atom is -0.391 e. The van der Waals surface area contributed by atoms with E-state index in [1.165, 1.54) is 0 Å². The second kappa shape index (κ2) is 3.90. The average molecular weight is 314 g/mol.